The SMILES string of the molecule is Cc1sc2ncn(CC(=O)Nc3ccc(C(C)(C)C)cc3)c(=O)c2c1-c1ccc(Br)cc1. The number of nitrogens with zero attached hydrogens (tertiary/aromatic N) is 2. The van der Waals surface area contributed by atoms with Crippen molar-refractivity contribution in [3.05, 3.63) is 80.1 Å². The summed E-state index contributed by atoms with van der Waals surface area (Å²) in [5, 5.41) is 3.43. The van der Waals surface area contributed by atoms with Crippen molar-refractivity contribution < 1.29 is 4.79 Å². The Morgan fingerprint density at radius 3 is 2.38 bits per heavy atom. The van der Waals surface area contributed by atoms with Crippen LogP contribution >= 0.6 is 27.3 Å². The topological polar surface area (TPSA) is 64.0 Å². The van der Waals surface area contributed by atoms with Crippen LogP contribution in [-0.2, 0) is 16.8 Å². The van der Waals surface area contributed by atoms with Gasteiger partial charge in [-0.15, -0.1) is 11.3 Å². The van der Waals surface area contributed by atoms with E-state index in [0.717, 1.165) is 20.5 Å². The van der Waals surface area contributed by atoms with Crippen LogP contribution in [0, 0.1) is 6.92 Å². The summed E-state index contributed by atoms with van der Waals surface area (Å²) in [5.41, 5.74) is 3.55. The third kappa shape index (κ3) is 4.54. The molecule has 0 atom stereocenters. The molecule has 0 bridgehead atoms. The van der Waals surface area contributed by atoms with E-state index in [9.17, 15) is 9.59 Å². The van der Waals surface area contributed by atoms with Crippen molar-refractivity contribution in [1.29, 1.82) is 0 Å². The van der Waals surface area contributed by atoms with Gasteiger partial charge in [-0.3, -0.25) is 14.2 Å². The lowest BCUT2D eigenvalue weighted by Gasteiger charge is -2.19. The number of carbonyl (C=O) groups excluding carboxylic acids is 1. The lowest BCUT2D eigenvalue weighted by atomic mass is 9.87. The van der Waals surface area contributed by atoms with Gasteiger partial charge in [0.05, 0.1) is 11.7 Å². The Morgan fingerprint density at radius 2 is 1.75 bits per heavy atom. The highest BCUT2D eigenvalue weighted by Crippen LogP contribution is 2.35. The molecule has 4 aromatic rings. The fourth-order valence-corrected chi connectivity index (χ4v) is 4.89. The molecule has 2 aromatic carbocycles. The van der Waals surface area contributed by atoms with Crippen LogP contribution in [0.2, 0.25) is 0 Å². The highest BCUT2D eigenvalue weighted by Gasteiger charge is 2.18. The normalized spacial score (nSPS) is 11.7. The molecule has 0 fully saturated rings. The zero-order chi connectivity index (χ0) is 23.0. The molecule has 0 saturated carbocycles. The van der Waals surface area contributed by atoms with Crippen molar-refractivity contribution >= 4 is 49.1 Å². The van der Waals surface area contributed by atoms with Crippen LogP contribution in [0.25, 0.3) is 21.3 Å². The van der Waals surface area contributed by atoms with Gasteiger partial charge in [0.1, 0.15) is 11.4 Å². The first-order chi connectivity index (χ1) is 15.1. The molecule has 2 aromatic heterocycles. The summed E-state index contributed by atoms with van der Waals surface area (Å²) in [6, 6.07) is 15.6. The van der Waals surface area contributed by atoms with Gasteiger partial charge in [0.25, 0.3) is 5.56 Å². The number of hydrogen-bond acceptors (Lipinski definition) is 4. The molecule has 0 radical (unpaired) electrons. The van der Waals surface area contributed by atoms with E-state index in [1.807, 2.05) is 55.5 Å². The summed E-state index contributed by atoms with van der Waals surface area (Å²) >= 11 is 4.94. The van der Waals surface area contributed by atoms with E-state index in [-0.39, 0.29) is 23.4 Å². The number of fused-ring (bicyclic) bond motifs is 1. The molecule has 2 heterocycles. The molecule has 7 heteroatoms. The second kappa shape index (κ2) is 8.64. The second-order valence-corrected chi connectivity index (χ2v) is 10.9. The van der Waals surface area contributed by atoms with Gasteiger partial charge in [-0.2, -0.15) is 0 Å². The number of nitrogens with one attached hydrogen (secondary N) is 1. The minimum absolute atomic E-state index is 0.0438. The van der Waals surface area contributed by atoms with E-state index >= 15 is 0 Å². The third-order valence-corrected chi connectivity index (χ3v) is 6.88. The van der Waals surface area contributed by atoms with Gasteiger partial charge in [-0.1, -0.05) is 61.0 Å². The maximum atomic E-state index is 13.3. The summed E-state index contributed by atoms with van der Waals surface area (Å²) in [6.45, 7) is 8.32. The first kappa shape index (κ1) is 22.4. The zero-order valence-corrected chi connectivity index (χ0v) is 20.8. The number of halogens is 1. The summed E-state index contributed by atoms with van der Waals surface area (Å²) in [4.78, 5) is 32.1. The monoisotopic (exact) mass is 509 g/mol. The first-order valence-corrected chi connectivity index (χ1v) is 11.9. The van der Waals surface area contributed by atoms with E-state index < -0.39 is 0 Å². The van der Waals surface area contributed by atoms with Crippen LogP contribution in [-0.4, -0.2) is 15.5 Å². The van der Waals surface area contributed by atoms with E-state index in [1.54, 1.807) is 0 Å². The van der Waals surface area contributed by atoms with Crippen LogP contribution in [0.3, 0.4) is 0 Å². The molecule has 1 N–H and O–H groups in total. The van der Waals surface area contributed by atoms with Gasteiger partial charge in [0.15, 0.2) is 0 Å². The zero-order valence-electron chi connectivity index (χ0n) is 18.4. The Morgan fingerprint density at radius 1 is 1.09 bits per heavy atom. The molecule has 0 saturated heterocycles. The van der Waals surface area contributed by atoms with Gasteiger partial charge in [0.2, 0.25) is 5.91 Å². The molecule has 4 rings (SSSR count). The van der Waals surface area contributed by atoms with Gasteiger partial charge < -0.3 is 5.32 Å². The van der Waals surface area contributed by atoms with Crippen LogP contribution < -0.4 is 10.9 Å². The van der Waals surface area contributed by atoms with Gasteiger partial charge >= 0.3 is 0 Å². The molecular formula is C25H24BrN3O2S. The number of thiophene rings is 1. The van der Waals surface area contributed by atoms with Crippen molar-refractivity contribution in [3.8, 4) is 11.1 Å². The predicted octanol–water partition coefficient (Wildman–Crippen LogP) is 6.13. The minimum Gasteiger partial charge on any atom is -0.325 e. The van der Waals surface area contributed by atoms with E-state index in [0.29, 0.717) is 15.9 Å². The lowest BCUT2D eigenvalue weighted by Crippen LogP contribution is -2.27. The molecular weight excluding hydrogens is 486 g/mol. The number of amides is 1. The number of hydrogen-bond donors (Lipinski definition) is 1. The number of carbonyl (C=O) groups is 1. The molecule has 0 aliphatic heterocycles. The predicted molar refractivity (Wildman–Crippen MR) is 136 cm³/mol. The Labute approximate surface area is 199 Å². The Hall–Kier alpha value is -2.77. The first-order valence-electron chi connectivity index (χ1n) is 10.3. The van der Waals surface area contributed by atoms with E-state index in [4.69, 9.17) is 0 Å². The van der Waals surface area contributed by atoms with Gasteiger partial charge in [-0.25, -0.2) is 4.98 Å². The summed E-state index contributed by atoms with van der Waals surface area (Å²) in [6.07, 6.45) is 1.45. The summed E-state index contributed by atoms with van der Waals surface area (Å²) in [7, 11) is 0. The van der Waals surface area contributed by atoms with Gasteiger partial charge in [0, 0.05) is 20.6 Å². The smallest absolute Gasteiger partial charge is 0.263 e. The van der Waals surface area contributed by atoms with Crippen LogP contribution in [0.15, 0.2) is 64.1 Å². The number of aryl methyl sites for hydroxylation is 1. The Bertz CT molecular complexity index is 1350. The van der Waals surface area contributed by atoms with Crippen molar-refractivity contribution in [2.45, 2.75) is 39.7 Å². The van der Waals surface area contributed by atoms with Crippen molar-refractivity contribution in [1.82, 2.24) is 9.55 Å². The van der Waals surface area contributed by atoms with Crippen LogP contribution in [0.4, 0.5) is 5.69 Å². The quantitative estimate of drug-likeness (QED) is 0.359. The fourth-order valence-electron chi connectivity index (χ4n) is 3.62. The standard InChI is InChI=1S/C25H24BrN3O2S/c1-15-21(16-5-9-18(26)10-6-16)22-23(32-15)27-14-29(24(22)31)13-20(30)28-19-11-7-17(8-12-19)25(2,3)4/h5-12,14H,13H2,1-4H3,(H,28,30). The molecule has 164 valence electrons. The van der Waals surface area contributed by atoms with Crippen LogP contribution in [0.5, 0.6) is 0 Å². The second-order valence-electron chi connectivity index (χ2n) is 8.77. The minimum atomic E-state index is -0.270. The molecule has 0 unspecified atom stereocenters. The van der Waals surface area contributed by atoms with Crippen molar-refractivity contribution in [2.75, 3.05) is 5.32 Å². The highest BCUT2D eigenvalue weighted by molar-refractivity contribution is 9.10. The molecule has 32 heavy (non-hydrogen) atoms. The maximum absolute atomic E-state index is 13.3. The Balaban J connectivity index is 1.62. The number of benzene rings is 2. The van der Waals surface area contributed by atoms with Gasteiger partial charge in [-0.05, 0) is 47.7 Å². The molecule has 1 amide bonds. The van der Waals surface area contributed by atoms with E-state index in [1.165, 1.54) is 27.8 Å². The lowest BCUT2D eigenvalue weighted by molar-refractivity contribution is -0.116. The van der Waals surface area contributed by atoms with Crippen molar-refractivity contribution in [3.63, 3.8) is 0 Å². The summed E-state index contributed by atoms with van der Waals surface area (Å²) in [5.74, 6) is -0.270. The number of rotatable bonds is 4. The average Bonchev–Trinajstić information content (AvgIpc) is 3.07. The molecule has 5 nitrogen and oxygen atoms in total. The molecule has 0 aliphatic carbocycles. The average molecular weight is 510 g/mol. The number of aromatic nitrogens is 2. The highest BCUT2D eigenvalue weighted by atomic mass is 79.9. The van der Waals surface area contributed by atoms with Crippen LogP contribution in [0.1, 0.15) is 31.2 Å². The van der Waals surface area contributed by atoms with E-state index in [2.05, 4.69) is 47.0 Å². The molecule has 0 aliphatic rings. The Kier molecular flexibility index (Phi) is 6.05. The number of anilines is 1. The van der Waals surface area contributed by atoms with Crippen molar-refractivity contribution in [2.24, 2.45) is 0 Å². The fraction of sp³-hybridized carbons (Fsp3) is 0.240. The summed E-state index contributed by atoms with van der Waals surface area (Å²) < 4.78 is 2.34. The largest absolute Gasteiger partial charge is 0.325 e. The maximum Gasteiger partial charge on any atom is 0.263 e. The molecule has 0 spiro atoms. The third-order valence-electron chi connectivity index (χ3n) is 5.34.